The third-order valence-corrected chi connectivity index (χ3v) is 6.78. The van der Waals surface area contributed by atoms with Gasteiger partial charge in [0.1, 0.15) is 0 Å². The molecule has 168 valence electrons. The number of hydrogen-bond acceptors (Lipinski definition) is 5. The molecule has 30 heavy (non-hydrogen) atoms. The van der Waals surface area contributed by atoms with Crippen molar-refractivity contribution in [3.63, 3.8) is 0 Å². The molecular weight excluding hydrogens is 419 g/mol. The number of carboxylic acids is 1. The van der Waals surface area contributed by atoms with Gasteiger partial charge in [-0.2, -0.15) is 13.2 Å². The summed E-state index contributed by atoms with van der Waals surface area (Å²) in [6.07, 6.45) is 1.86. The Morgan fingerprint density at radius 3 is 2.63 bits per heavy atom. The normalized spacial score (nSPS) is 24.6. The Balaban J connectivity index is 0.000000396. The number of amides is 1. The number of aromatic nitrogens is 1. The van der Waals surface area contributed by atoms with Crippen molar-refractivity contribution >= 4 is 23.2 Å². The minimum atomic E-state index is -5.08. The molecule has 2 saturated heterocycles. The topological polar surface area (TPSA) is 73.7 Å². The predicted molar refractivity (Wildman–Crippen MR) is 108 cm³/mol. The van der Waals surface area contributed by atoms with Gasteiger partial charge < -0.3 is 10.0 Å². The zero-order chi connectivity index (χ0) is 22.5. The van der Waals surface area contributed by atoms with Gasteiger partial charge in [-0.25, -0.2) is 9.78 Å². The summed E-state index contributed by atoms with van der Waals surface area (Å²) >= 11 is 1.75. The first-order chi connectivity index (χ1) is 14.1. The standard InChI is InChI=1S/C18H27N3OS.C2HF3O2/c1-4-10-21-17(22)7-9-18(21)8-6-11-20(16(18)5-2)12-15-14(3)19-13-23-15;3-2(4,5)1(6)7/h4,13,16H,1,5-12H2,2-3H3;(H,6,7)/t16-,18-;/m0./s1. The summed E-state index contributed by atoms with van der Waals surface area (Å²) in [6, 6.07) is 0.434. The molecule has 1 N–H and O–H groups in total. The van der Waals surface area contributed by atoms with Crippen LogP contribution in [0, 0.1) is 6.92 Å². The van der Waals surface area contributed by atoms with Crippen LogP contribution in [0.4, 0.5) is 13.2 Å². The Labute approximate surface area is 178 Å². The Kier molecular flexibility index (Phi) is 8.04. The lowest BCUT2D eigenvalue weighted by Crippen LogP contribution is -2.62. The van der Waals surface area contributed by atoms with Crippen LogP contribution in [0.1, 0.15) is 49.6 Å². The highest BCUT2D eigenvalue weighted by Gasteiger charge is 2.52. The molecule has 0 aromatic carbocycles. The van der Waals surface area contributed by atoms with E-state index < -0.39 is 12.1 Å². The number of aliphatic carboxylic acids is 1. The van der Waals surface area contributed by atoms with Crippen LogP contribution in [0.3, 0.4) is 0 Å². The maximum atomic E-state index is 12.4. The van der Waals surface area contributed by atoms with Crippen molar-refractivity contribution < 1.29 is 27.9 Å². The highest BCUT2D eigenvalue weighted by molar-refractivity contribution is 7.09. The van der Waals surface area contributed by atoms with Crippen molar-refractivity contribution in [2.45, 2.75) is 70.3 Å². The molecule has 1 aromatic heterocycles. The number of nitrogens with zero attached hydrogens (tertiary/aromatic N) is 3. The first-order valence-corrected chi connectivity index (χ1v) is 10.8. The summed E-state index contributed by atoms with van der Waals surface area (Å²) in [5.74, 6) is -2.45. The zero-order valence-electron chi connectivity index (χ0n) is 17.2. The molecule has 0 bridgehead atoms. The van der Waals surface area contributed by atoms with Crippen molar-refractivity contribution in [1.29, 1.82) is 0 Å². The van der Waals surface area contributed by atoms with E-state index in [0.29, 0.717) is 24.9 Å². The van der Waals surface area contributed by atoms with Gasteiger partial charge in [-0.1, -0.05) is 13.0 Å². The van der Waals surface area contributed by atoms with Crippen LogP contribution in [0.15, 0.2) is 18.2 Å². The molecule has 2 fully saturated rings. The van der Waals surface area contributed by atoms with Crippen LogP contribution in [-0.2, 0) is 16.1 Å². The molecule has 10 heteroatoms. The summed E-state index contributed by atoms with van der Waals surface area (Å²) in [5.41, 5.74) is 3.10. The molecule has 2 atom stereocenters. The molecule has 0 aliphatic carbocycles. The number of aryl methyl sites for hydroxylation is 1. The molecule has 1 spiro atoms. The number of hydrogen-bond donors (Lipinski definition) is 1. The van der Waals surface area contributed by atoms with Crippen molar-refractivity contribution in [3.8, 4) is 0 Å². The van der Waals surface area contributed by atoms with E-state index in [1.165, 1.54) is 4.88 Å². The van der Waals surface area contributed by atoms with Crippen molar-refractivity contribution in [1.82, 2.24) is 14.8 Å². The number of thiazole rings is 1. The van der Waals surface area contributed by atoms with Crippen LogP contribution in [0.25, 0.3) is 0 Å². The fourth-order valence-electron chi connectivity index (χ4n) is 4.60. The number of alkyl halides is 3. The van der Waals surface area contributed by atoms with Gasteiger partial charge in [-0.3, -0.25) is 9.69 Å². The van der Waals surface area contributed by atoms with E-state index in [1.54, 1.807) is 11.3 Å². The second-order valence-electron chi connectivity index (χ2n) is 7.56. The molecule has 0 unspecified atom stereocenters. The van der Waals surface area contributed by atoms with E-state index in [0.717, 1.165) is 44.5 Å². The summed E-state index contributed by atoms with van der Waals surface area (Å²) in [6.45, 7) is 11.0. The van der Waals surface area contributed by atoms with E-state index in [9.17, 15) is 18.0 Å². The van der Waals surface area contributed by atoms with Gasteiger partial charge in [0, 0.05) is 30.4 Å². The van der Waals surface area contributed by atoms with Gasteiger partial charge >= 0.3 is 12.1 Å². The van der Waals surface area contributed by atoms with Crippen LogP contribution in [-0.4, -0.2) is 62.6 Å². The minimum absolute atomic E-state index is 0.0108. The monoisotopic (exact) mass is 447 g/mol. The Morgan fingerprint density at radius 1 is 1.47 bits per heavy atom. The average molecular weight is 448 g/mol. The van der Waals surface area contributed by atoms with Gasteiger partial charge in [0.05, 0.1) is 16.7 Å². The van der Waals surface area contributed by atoms with Gasteiger partial charge in [0.15, 0.2) is 0 Å². The smallest absolute Gasteiger partial charge is 0.475 e. The molecule has 2 aliphatic rings. The molecule has 0 saturated carbocycles. The van der Waals surface area contributed by atoms with Crippen LogP contribution in [0.5, 0.6) is 0 Å². The number of halogens is 3. The molecular formula is C20H28F3N3O3S. The maximum absolute atomic E-state index is 12.4. The number of carbonyl (C=O) groups excluding carboxylic acids is 1. The van der Waals surface area contributed by atoms with Gasteiger partial charge in [0.25, 0.3) is 0 Å². The van der Waals surface area contributed by atoms with E-state index in [1.807, 2.05) is 11.6 Å². The maximum Gasteiger partial charge on any atom is 0.490 e. The quantitative estimate of drug-likeness (QED) is 0.691. The van der Waals surface area contributed by atoms with Crippen LogP contribution in [0.2, 0.25) is 0 Å². The molecule has 3 rings (SSSR count). The van der Waals surface area contributed by atoms with Crippen LogP contribution >= 0.6 is 11.3 Å². The fraction of sp³-hybridized carbons (Fsp3) is 0.650. The highest BCUT2D eigenvalue weighted by Crippen LogP contribution is 2.43. The summed E-state index contributed by atoms with van der Waals surface area (Å²) < 4.78 is 31.7. The van der Waals surface area contributed by atoms with E-state index in [-0.39, 0.29) is 5.54 Å². The van der Waals surface area contributed by atoms with E-state index in [2.05, 4.69) is 35.2 Å². The summed E-state index contributed by atoms with van der Waals surface area (Å²) in [5, 5.41) is 7.12. The summed E-state index contributed by atoms with van der Waals surface area (Å²) in [4.78, 5) is 31.8. The minimum Gasteiger partial charge on any atom is -0.475 e. The van der Waals surface area contributed by atoms with Crippen LogP contribution < -0.4 is 0 Å². The Morgan fingerprint density at radius 2 is 2.13 bits per heavy atom. The second-order valence-corrected chi connectivity index (χ2v) is 8.50. The van der Waals surface area contributed by atoms with Gasteiger partial charge in [-0.15, -0.1) is 17.9 Å². The number of piperidine rings is 1. The molecule has 2 aliphatic heterocycles. The largest absolute Gasteiger partial charge is 0.490 e. The first-order valence-electron chi connectivity index (χ1n) is 9.91. The number of carboxylic acid groups (broad SMARTS) is 1. The highest BCUT2D eigenvalue weighted by atomic mass is 32.1. The second kappa shape index (κ2) is 9.91. The molecule has 6 nitrogen and oxygen atoms in total. The predicted octanol–water partition coefficient (Wildman–Crippen LogP) is 4.01. The average Bonchev–Trinajstić information content (AvgIpc) is 3.21. The lowest BCUT2D eigenvalue weighted by molar-refractivity contribution is -0.192. The SMILES string of the molecule is C=CCN1C(=O)CC[C@]12CCCN(Cc1scnc1C)[C@H]2CC.O=C(O)C(F)(F)F. The van der Waals surface area contributed by atoms with E-state index >= 15 is 0 Å². The Hall–Kier alpha value is -1.94. The number of likely N-dealkylation sites (tertiary alicyclic amines) is 2. The molecule has 1 aromatic rings. The van der Waals surface area contributed by atoms with Crippen molar-refractivity contribution in [2.75, 3.05) is 13.1 Å². The first kappa shape index (κ1) is 24.3. The summed E-state index contributed by atoms with van der Waals surface area (Å²) in [7, 11) is 0. The number of rotatable bonds is 5. The lowest BCUT2D eigenvalue weighted by Gasteiger charge is -2.52. The van der Waals surface area contributed by atoms with Gasteiger partial charge in [0.2, 0.25) is 5.91 Å². The molecule has 1 amide bonds. The Bertz CT molecular complexity index is 768. The third-order valence-electron chi connectivity index (χ3n) is 5.86. The zero-order valence-corrected chi connectivity index (χ0v) is 18.1. The van der Waals surface area contributed by atoms with Crippen molar-refractivity contribution in [2.24, 2.45) is 0 Å². The van der Waals surface area contributed by atoms with Crippen molar-refractivity contribution in [3.05, 3.63) is 28.7 Å². The molecule has 0 radical (unpaired) electrons. The fourth-order valence-corrected chi connectivity index (χ4v) is 5.40. The van der Waals surface area contributed by atoms with E-state index in [4.69, 9.17) is 9.90 Å². The third kappa shape index (κ3) is 5.21. The molecule has 3 heterocycles. The lowest BCUT2D eigenvalue weighted by atomic mass is 9.77. The van der Waals surface area contributed by atoms with Gasteiger partial charge in [-0.05, 0) is 39.2 Å². The number of carbonyl (C=O) groups is 2.